The van der Waals surface area contributed by atoms with Crippen molar-refractivity contribution in [2.45, 2.75) is 33.2 Å². The van der Waals surface area contributed by atoms with Crippen LogP contribution in [0.25, 0.3) is 11.4 Å². The van der Waals surface area contributed by atoms with Gasteiger partial charge in [0.25, 0.3) is 0 Å². The Bertz CT molecular complexity index is 586. The molecule has 1 aromatic heterocycles. The van der Waals surface area contributed by atoms with Gasteiger partial charge in [-0.2, -0.15) is 0 Å². The molecule has 1 unspecified atom stereocenters. The number of aromatic nitrogens is 2. The van der Waals surface area contributed by atoms with Crippen LogP contribution in [0.2, 0.25) is 5.15 Å². The molecule has 0 aliphatic carbocycles. The number of hydrogen-bond donors (Lipinski definition) is 0. The van der Waals surface area contributed by atoms with E-state index < -0.39 is 0 Å². The van der Waals surface area contributed by atoms with Crippen molar-refractivity contribution in [2.75, 3.05) is 0 Å². The van der Waals surface area contributed by atoms with Crippen LogP contribution in [-0.4, -0.2) is 9.55 Å². The second-order valence-electron chi connectivity index (χ2n) is 5.24. The van der Waals surface area contributed by atoms with Crippen molar-refractivity contribution >= 4 is 11.6 Å². The lowest BCUT2D eigenvalue weighted by Gasteiger charge is -2.22. The van der Waals surface area contributed by atoms with Gasteiger partial charge < -0.3 is 4.57 Å². The van der Waals surface area contributed by atoms with Crippen LogP contribution in [0.3, 0.4) is 0 Å². The Labute approximate surface area is 113 Å². The zero-order valence-corrected chi connectivity index (χ0v) is 11.5. The Morgan fingerprint density at radius 3 is 2.89 bits per heavy atom. The van der Waals surface area contributed by atoms with Crippen LogP contribution in [0.4, 0.5) is 0 Å². The van der Waals surface area contributed by atoms with Gasteiger partial charge >= 0.3 is 0 Å². The zero-order valence-electron chi connectivity index (χ0n) is 10.8. The highest BCUT2D eigenvalue weighted by Gasteiger charge is 2.23. The van der Waals surface area contributed by atoms with E-state index in [-0.39, 0.29) is 0 Å². The highest BCUT2D eigenvalue weighted by Crippen LogP contribution is 2.32. The molecule has 0 saturated carbocycles. The molecular formula is C15H17ClN2. The van der Waals surface area contributed by atoms with Crippen molar-refractivity contribution in [1.29, 1.82) is 0 Å². The molecule has 1 aliphatic heterocycles. The van der Waals surface area contributed by atoms with Crippen LogP contribution in [0.15, 0.2) is 24.3 Å². The topological polar surface area (TPSA) is 17.8 Å². The van der Waals surface area contributed by atoms with Crippen molar-refractivity contribution in [1.82, 2.24) is 9.55 Å². The molecule has 18 heavy (non-hydrogen) atoms. The number of hydrogen-bond acceptors (Lipinski definition) is 1. The molecule has 3 heteroatoms. The molecule has 2 nitrogen and oxygen atoms in total. The minimum atomic E-state index is 0.681. The van der Waals surface area contributed by atoms with Gasteiger partial charge in [-0.25, -0.2) is 4.98 Å². The van der Waals surface area contributed by atoms with Crippen LogP contribution in [0.5, 0.6) is 0 Å². The fourth-order valence-corrected chi connectivity index (χ4v) is 2.98. The van der Waals surface area contributed by atoms with Gasteiger partial charge in [-0.3, -0.25) is 0 Å². The molecule has 0 amide bonds. The maximum atomic E-state index is 6.28. The van der Waals surface area contributed by atoms with E-state index in [1.54, 1.807) is 0 Å². The Morgan fingerprint density at radius 1 is 1.33 bits per heavy atom. The molecule has 0 fully saturated rings. The van der Waals surface area contributed by atoms with Gasteiger partial charge in [-0.1, -0.05) is 42.8 Å². The number of nitrogens with zero attached hydrogens (tertiary/aromatic N) is 2. The summed E-state index contributed by atoms with van der Waals surface area (Å²) in [6, 6.07) is 8.37. The zero-order chi connectivity index (χ0) is 12.7. The second kappa shape index (κ2) is 4.43. The van der Waals surface area contributed by atoms with Gasteiger partial charge in [0.2, 0.25) is 0 Å². The molecular weight excluding hydrogens is 244 g/mol. The highest BCUT2D eigenvalue weighted by molar-refractivity contribution is 6.30. The average molecular weight is 261 g/mol. The molecule has 2 heterocycles. The summed E-state index contributed by atoms with van der Waals surface area (Å²) in [7, 11) is 0. The summed E-state index contributed by atoms with van der Waals surface area (Å²) >= 11 is 6.28. The fraction of sp³-hybridized carbons (Fsp3) is 0.400. The van der Waals surface area contributed by atoms with E-state index in [1.807, 2.05) is 0 Å². The maximum absolute atomic E-state index is 6.28. The quantitative estimate of drug-likeness (QED) is 0.755. The van der Waals surface area contributed by atoms with Gasteiger partial charge in [0.1, 0.15) is 5.82 Å². The molecule has 3 rings (SSSR count). The first-order valence-electron chi connectivity index (χ1n) is 6.47. The van der Waals surface area contributed by atoms with Crippen LogP contribution >= 0.6 is 11.6 Å². The van der Waals surface area contributed by atoms with Crippen molar-refractivity contribution in [3.63, 3.8) is 0 Å². The summed E-state index contributed by atoms with van der Waals surface area (Å²) in [6.07, 6.45) is 2.25. The lowest BCUT2D eigenvalue weighted by Crippen LogP contribution is -2.18. The minimum Gasteiger partial charge on any atom is -0.326 e. The summed E-state index contributed by atoms with van der Waals surface area (Å²) in [4.78, 5) is 4.59. The van der Waals surface area contributed by atoms with E-state index >= 15 is 0 Å². The second-order valence-corrected chi connectivity index (χ2v) is 5.60. The monoisotopic (exact) mass is 260 g/mol. The fourth-order valence-electron chi connectivity index (χ4n) is 2.71. The summed E-state index contributed by atoms with van der Waals surface area (Å²) in [6.45, 7) is 5.44. The molecule has 1 atom stereocenters. The van der Waals surface area contributed by atoms with Gasteiger partial charge in [-0.15, -0.1) is 0 Å². The molecule has 0 radical (unpaired) electrons. The minimum absolute atomic E-state index is 0.681. The van der Waals surface area contributed by atoms with Crippen molar-refractivity contribution in [3.8, 4) is 11.4 Å². The van der Waals surface area contributed by atoms with Crippen LogP contribution in [0.1, 0.15) is 24.6 Å². The summed E-state index contributed by atoms with van der Waals surface area (Å²) in [5.74, 6) is 1.73. The number of imidazole rings is 1. The third kappa shape index (κ3) is 1.85. The summed E-state index contributed by atoms with van der Waals surface area (Å²) < 4.78 is 2.30. The molecule has 0 N–H and O–H groups in total. The largest absolute Gasteiger partial charge is 0.326 e. The predicted molar refractivity (Wildman–Crippen MR) is 74.9 cm³/mol. The third-order valence-electron chi connectivity index (χ3n) is 3.78. The number of rotatable bonds is 1. The maximum Gasteiger partial charge on any atom is 0.150 e. The van der Waals surface area contributed by atoms with Gasteiger partial charge in [0, 0.05) is 12.1 Å². The van der Waals surface area contributed by atoms with E-state index in [4.69, 9.17) is 11.6 Å². The van der Waals surface area contributed by atoms with E-state index in [0.717, 1.165) is 18.8 Å². The Morgan fingerprint density at radius 2 is 2.11 bits per heavy atom. The molecule has 1 aromatic carbocycles. The Hall–Kier alpha value is -1.28. The first-order chi connectivity index (χ1) is 8.66. The lowest BCUT2D eigenvalue weighted by molar-refractivity contribution is 0.402. The Balaban J connectivity index is 2.17. The van der Waals surface area contributed by atoms with E-state index in [1.165, 1.54) is 23.2 Å². The van der Waals surface area contributed by atoms with E-state index in [2.05, 4.69) is 47.7 Å². The van der Waals surface area contributed by atoms with Gasteiger partial charge in [-0.05, 0) is 31.2 Å². The first-order valence-corrected chi connectivity index (χ1v) is 6.85. The third-order valence-corrected chi connectivity index (χ3v) is 4.08. The standard InChI is InChI=1S/C15H17ClN2/c1-10-7-8-13-14(16)17-15(18(13)9-10)12-6-4-3-5-11(12)2/h3-6,10H,7-9H2,1-2H3. The summed E-state index contributed by atoms with van der Waals surface area (Å²) in [5, 5.41) is 0.681. The lowest BCUT2D eigenvalue weighted by atomic mass is 10.00. The summed E-state index contributed by atoms with van der Waals surface area (Å²) in [5.41, 5.74) is 3.65. The van der Waals surface area contributed by atoms with E-state index in [9.17, 15) is 0 Å². The smallest absolute Gasteiger partial charge is 0.150 e. The van der Waals surface area contributed by atoms with Gasteiger partial charge in [0.05, 0.1) is 5.69 Å². The van der Waals surface area contributed by atoms with Crippen LogP contribution in [-0.2, 0) is 13.0 Å². The molecule has 0 bridgehead atoms. The SMILES string of the molecule is Cc1ccccc1-c1nc(Cl)c2n1CC(C)CC2. The van der Waals surface area contributed by atoms with Crippen LogP contribution in [0, 0.1) is 12.8 Å². The number of benzene rings is 1. The number of fused-ring (bicyclic) bond motifs is 1. The predicted octanol–water partition coefficient (Wildman–Crippen LogP) is 4.09. The van der Waals surface area contributed by atoms with Crippen molar-refractivity contribution in [3.05, 3.63) is 40.7 Å². The number of halogens is 1. The average Bonchev–Trinajstić information content (AvgIpc) is 2.67. The first kappa shape index (κ1) is 11.8. The highest BCUT2D eigenvalue weighted by atomic mass is 35.5. The molecule has 94 valence electrons. The van der Waals surface area contributed by atoms with Gasteiger partial charge in [0.15, 0.2) is 5.15 Å². The molecule has 0 saturated heterocycles. The molecule has 2 aromatic rings. The Kier molecular flexibility index (Phi) is 2.90. The molecule has 0 spiro atoms. The van der Waals surface area contributed by atoms with Crippen LogP contribution < -0.4 is 0 Å². The van der Waals surface area contributed by atoms with E-state index in [0.29, 0.717) is 11.1 Å². The normalized spacial score (nSPS) is 18.7. The van der Waals surface area contributed by atoms with Crippen molar-refractivity contribution in [2.24, 2.45) is 5.92 Å². The number of aryl methyl sites for hydroxylation is 1. The molecule has 1 aliphatic rings. The van der Waals surface area contributed by atoms with Crippen molar-refractivity contribution < 1.29 is 0 Å².